The van der Waals surface area contributed by atoms with Gasteiger partial charge in [-0.1, -0.05) is 12.1 Å². The van der Waals surface area contributed by atoms with E-state index in [-0.39, 0.29) is 5.75 Å². The Morgan fingerprint density at radius 2 is 1.81 bits per heavy atom. The third-order valence-corrected chi connectivity index (χ3v) is 2.65. The average molecular weight is 223 g/mol. The molecule has 16 heavy (non-hydrogen) atoms. The van der Waals surface area contributed by atoms with E-state index >= 15 is 0 Å². The van der Waals surface area contributed by atoms with Gasteiger partial charge in [-0.2, -0.15) is 0 Å². The van der Waals surface area contributed by atoms with Crippen LogP contribution in [0.4, 0.5) is 0 Å². The molecule has 0 aliphatic heterocycles. The highest BCUT2D eigenvalue weighted by atomic mass is 16.3. The fourth-order valence-corrected chi connectivity index (χ4v) is 1.75. The van der Waals surface area contributed by atoms with Crippen LogP contribution in [0, 0.1) is 6.92 Å². The maximum atomic E-state index is 10.2. The van der Waals surface area contributed by atoms with Crippen LogP contribution in [0.3, 0.4) is 0 Å². The van der Waals surface area contributed by atoms with Crippen LogP contribution < -0.4 is 0 Å². The molecule has 1 rings (SSSR count). The van der Waals surface area contributed by atoms with Gasteiger partial charge in [0, 0.05) is 17.7 Å². The summed E-state index contributed by atoms with van der Waals surface area (Å²) in [7, 11) is 3.91. The predicted octanol–water partition coefficient (Wildman–Crippen LogP) is 1.99. The minimum Gasteiger partial charge on any atom is -0.507 e. The van der Waals surface area contributed by atoms with E-state index < -0.39 is 5.60 Å². The standard InChI is InChI=1S/C13H21NO2/c1-9-6-7-11(13(2,3)16)12(15)10(9)8-14(4)5/h6-7,15-16H,8H2,1-5H3. The van der Waals surface area contributed by atoms with Gasteiger partial charge < -0.3 is 15.1 Å². The lowest BCUT2D eigenvalue weighted by atomic mass is 9.92. The van der Waals surface area contributed by atoms with Gasteiger partial charge in [0.15, 0.2) is 0 Å². The second kappa shape index (κ2) is 4.44. The van der Waals surface area contributed by atoms with Crippen molar-refractivity contribution in [2.24, 2.45) is 0 Å². The molecule has 0 aliphatic carbocycles. The van der Waals surface area contributed by atoms with Crippen LogP contribution in [-0.4, -0.2) is 29.2 Å². The van der Waals surface area contributed by atoms with Crippen LogP contribution in [0.1, 0.15) is 30.5 Å². The Hall–Kier alpha value is -1.06. The van der Waals surface area contributed by atoms with Gasteiger partial charge in [0.05, 0.1) is 5.60 Å². The van der Waals surface area contributed by atoms with Gasteiger partial charge in [-0.15, -0.1) is 0 Å². The number of phenolic OH excluding ortho intramolecular Hbond substituents is 1. The first-order valence-electron chi connectivity index (χ1n) is 5.42. The first kappa shape index (κ1) is 13.0. The smallest absolute Gasteiger partial charge is 0.126 e. The highest BCUT2D eigenvalue weighted by molar-refractivity contribution is 5.47. The molecule has 0 unspecified atom stereocenters. The molecule has 1 aromatic rings. The van der Waals surface area contributed by atoms with Gasteiger partial charge >= 0.3 is 0 Å². The summed E-state index contributed by atoms with van der Waals surface area (Å²) in [5.41, 5.74) is 1.48. The highest BCUT2D eigenvalue weighted by Gasteiger charge is 2.22. The van der Waals surface area contributed by atoms with Crippen molar-refractivity contribution in [1.29, 1.82) is 0 Å². The second-order valence-electron chi connectivity index (χ2n) is 5.05. The Balaban J connectivity index is 3.27. The molecule has 0 aromatic heterocycles. The maximum Gasteiger partial charge on any atom is 0.126 e. The number of rotatable bonds is 3. The van der Waals surface area contributed by atoms with Crippen LogP contribution in [0.2, 0.25) is 0 Å². The molecule has 0 saturated carbocycles. The number of hydrogen-bond acceptors (Lipinski definition) is 3. The largest absolute Gasteiger partial charge is 0.507 e. The lowest BCUT2D eigenvalue weighted by molar-refractivity contribution is 0.0755. The Bertz CT molecular complexity index is 378. The minimum absolute atomic E-state index is 0.209. The van der Waals surface area contributed by atoms with Crippen LogP contribution in [-0.2, 0) is 12.1 Å². The molecule has 0 fully saturated rings. The van der Waals surface area contributed by atoms with Gasteiger partial charge in [-0.25, -0.2) is 0 Å². The van der Waals surface area contributed by atoms with Crippen LogP contribution in [0.15, 0.2) is 12.1 Å². The number of benzene rings is 1. The number of phenols is 1. The van der Waals surface area contributed by atoms with Crippen molar-refractivity contribution in [1.82, 2.24) is 4.90 Å². The molecule has 1 aromatic carbocycles. The Morgan fingerprint density at radius 1 is 1.25 bits per heavy atom. The molecule has 3 heteroatoms. The fourth-order valence-electron chi connectivity index (χ4n) is 1.75. The zero-order chi connectivity index (χ0) is 12.5. The zero-order valence-electron chi connectivity index (χ0n) is 10.7. The average Bonchev–Trinajstić information content (AvgIpc) is 2.09. The van der Waals surface area contributed by atoms with Gasteiger partial charge in [0.25, 0.3) is 0 Å². The summed E-state index contributed by atoms with van der Waals surface area (Å²) in [4.78, 5) is 2.00. The molecule has 90 valence electrons. The number of aryl methyl sites for hydroxylation is 1. The SMILES string of the molecule is Cc1ccc(C(C)(C)O)c(O)c1CN(C)C. The summed E-state index contributed by atoms with van der Waals surface area (Å²) in [6, 6.07) is 3.72. The molecule has 0 aliphatic rings. The molecular formula is C13H21NO2. The first-order chi connectivity index (χ1) is 7.23. The van der Waals surface area contributed by atoms with E-state index in [1.807, 2.05) is 32.0 Å². The van der Waals surface area contributed by atoms with E-state index in [1.165, 1.54) is 0 Å². The van der Waals surface area contributed by atoms with Crippen LogP contribution in [0.5, 0.6) is 5.75 Å². The first-order valence-corrected chi connectivity index (χ1v) is 5.42. The third kappa shape index (κ3) is 2.74. The normalized spacial score (nSPS) is 12.2. The lowest BCUT2D eigenvalue weighted by Crippen LogP contribution is -2.18. The fraction of sp³-hybridized carbons (Fsp3) is 0.538. The van der Waals surface area contributed by atoms with Crippen molar-refractivity contribution in [3.63, 3.8) is 0 Å². The molecule has 2 N–H and O–H groups in total. The molecule has 0 saturated heterocycles. The molecule has 0 bridgehead atoms. The van der Waals surface area contributed by atoms with E-state index in [4.69, 9.17) is 0 Å². The van der Waals surface area contributed by atoms with Gasteiger partial charge in [-0.3, -0.25) is 0 Å². The van der Waals surface area contributed by atoms with E-state index in [9.17, 15) is 10.2 Å². The van der Waals surface area contributed by atoms with E-state index in [0.29, 0.717) is 12.1 Å². The topological polar surface area (TPSA) is 43.7 Å². The summed E-state index contributed by atoms with van der Waals surface area (Å²) >= 11 is 0. The number of aromatic hydroxyl groups is 1. The summed E-state index contributed by atoms with van der Waals surface area (Å²) in [5, 5.41) is 20.1. The molecule has 3 nitrogen and oxygen atoms in total. The number of hydrogen-bond donors (Lipinski definition) is 2. The summed E-state index contributed by atoms with van der Waals surface area (Å²) in [5.74, 6) is 0.209. The predicted molar refractivity (Wildman–Crippen MR) is 65.5 cm³/mol. The monoisotopic (exact) mass is 223 g/mol. The van der Waals surface area contributed by atoms with Crippen molar-refractivity contribution >= 4 is 0 Å². The Kier molecular flexibility index (Phi) is 3.61. The van der Waals surface area contributed by atoms with E-state index in [2.05, 4.69) is 0 Å². The molecule has 0 heterocycles. The summed E-state index contributed by atoms with van der Waals surface area (Å²) < 4.78 is 0. The van der Waals surface area contributed by atoms with Gasteiger partial charge in [-0.05, 0) is 40.4 Å². The Labute approximate surface area is 97.3 Å². The quantitative estimate of drug-likeness (QED) is 0.823. The van der Waals surface area contributed by atoms with Crippen LogP contribution in [0.25, 0.3) is 0 Å². The minimum atomic E-state index is -1.02. The van der Waals surface area contributed by atoms with Crippen molar-refractivity contribution in [2.45, 2.75) is 32.9 Å². The van der Waals surface area contributed by atoms with Crippen molar-refractivity contribution in [3.8, 4) is 5.75 Å². The summed E-state index contributed by atoms with van der Waals surface area (Å²) in [6.45, 7) is 5.99. The molecule has 0 atom stereocenters. The zero-order valence-corrected chi connectivity index (χ0v) is 10.7. The molecular weight excluding hydrogens is 202 g/mol. The third-order valence-electron chi connectivity index (χ3n) is 2.65. The van der Waals surface area contributed by atoms with E-state index in [0.717, 1.165) is 11.1 Å². The summed E-state index contributed by atoms with van der Waals surface area (Å²) in [6.07, 6.45) is 0. The molecule has 0 spiro atoms. The van der Waals surface area contributed by atoms with Crippen molar-refractivity contribution in [3.05, 3.63) is 28.8 Å². The van der Waals surface area contributed by atoms with Crippen LogP contribution >= 0.6 is 0 Å². The van der Waals surface area contributed by atoms with Crippen molar-refractivity contribution in [2.75, 3.05) is 14.1 Å². The number of aliphatic hydroxyl groups is 1. The van der Waals surface area contributed by atoms with Crippen molar-refractivity contribution < 1.29 is 10.2 Å². The highest BCUT2D eigenvalue weighted by Crippen LogP contribution is 2.33. The Morgan fingerprint density at radius 3 is 2.25 bits per heavy atom. The van der Waals surface area contributed by atoms with Gasteiger partial charge in [0.1, 0.15) is 5.75 Å². The van der Waals surface area contributed by atoms with Gasteiger partial charge in [0.2, 0.25) is 0 Å². The number of nitrogens with zero attached hydrogens (tertiary/aromatic N) is 1. The molecule has 0 amide bonds. The lowest BCUT2D eigenvalue weighted by Gasteiger charge is -2.23. The van der Waals surface area contributed by atoms with E-state index in [1.54, 1.807) is 19.9 Å². The second-order valence-corrected chi connectivity index (χ2v) is 5.05. The maximum absolute atomic E-state index is 10.2. The molecule has 0 radical (unpaired) electrons.